The average Bonchev–Trinajstić information content (AvgIpc) is 2.93. The fourth-order valence-corrected chi connectivity index (χ4v) is 3.69. The van der Waals surface area contributed by atoms with Crippen LogP contribution in [0.3, 0.4) is 0 Å². The fraction of sp³-hybridized carbons (Fsp3) is 0.161. The lowest BCUT2D eigenvalue weighted by molar-refractivity contribution is -0.133. The lowest BCUT2D eigenvalue weighted by Crippen LogP contribution is -2.07. The van der Waals surface area contributed by atoms with Gasteiger partial charge in [-0.15, -0.1) is 0 Å². The van der Waals surface area contributed by atoms with Gasteiger partial charge in [0.15, 0.2) is 34.6 Å². The first-order valence-electron chi connectivity index (χ1n) is 12.3. The van der Waals surface area contributed by atoms with Gasteiger partial charge in [-0.05, 0) is 65.2 Å². The Morgan fingerprint density at radius 1 is 0.738 bits per heavy atom. The molecule has 0 unspecified atom stereocenters. The van der Waals surface area contributed by atoms with E-state index in [-0.39, 0.29) is 40.7 Å². The van der Waals surface area contributed by atoms with Crippen molar-refractivity contribution in [2.24, 2.45) is 0 Å². The summed E-state index contributed by atoms with van der Waals surface area (Å²) in [6.45, 7) is 2.49. The fourth-order valence-electron chi connectivity index (χ4n) is 3.69. The van der Waals surface area contributed by atoms with Crippen molar-refractivity contribution < 1.29 is 52.4 Å². The number of carbonyl (C=O) groups is 4. The van der Waals surface area contributed by atoms with Crippen LogP contribution in [0.2, 0.25) is 0 Å². The van der Waals surface area contributed by atoms with Crippen molar-refractivity contribution in [3.63, 3.8) is 0 Å². The number of hydrogen-bond acceptors (Lipinski definition) is 9. The summed E-state index contributed by atoms with van der Waals surface area (Å²) in [5.41, 5.74) is 1.25. The van der Waals surface area contributed by atoms with E-state index >= 15 is 0 Å². The quantitative estimate of drug-likeness (QED) is 0.188. The molecule has 0 aliphatic carbocycles. The van der Waals surface area contributed by atoms with Crippen molar-refractivity contribution in [2.75, 3.05) is 14.2 Å². The van der Waals surface area contributed by atoms with Gasteiger partial charge in [0.2, 0.25) is 0 Å². The van der Waals surface area contributed by atoms with Gasteiger partial charge in [-0.25, -0.2) is 14.0 Å². The van der Waals surface area contributed by atoms with Gasteiger partial charge in [0.05, 0.1) is 14.2 Å². The van der Waals surface area contributed by atoms with Gasteiger partial charge in [-0.1, -0.05) is 18.2 Å². The van der Waals surface area contributed by atoms with E-state index in [0.29, 0.717) is 16.7 Å². The van der Waals surface area contributed by atoms with Crippen molar-refractivity contribution in [3.05, 3.63) is 88.8 Å². The molecule has 0 aliphatic heterocycles. The van der Waals surface area contributed by atoms with E-state index in [2.05, 4.69) is 0 Å². The molecule has 1 N–H and O–H groups in total. The zero-order valence-corrected chi connectivity index (χ0v) is 23.1. The van der Waals surface area contributed by atoms with E-state index in [1.807, 2.05) is 0 Å². The molecule has 0 radical (unpaired) electrons. The predicted molar refractivity (Wildman–Crippen MR) is 149 cm³/mol. The number of rotatable bonds is 11. The molecule has 0 amide bonds. The topological polar surface area (TPSA) is 135 Å². The Bertz CT molecular complexity index is 1570. The third kappa shape index (κ3) is 8.78. The minimum Gasteiger partial charge on any atom is -0.493 e. The van der Waals surface area contributed by atoms with Crippen LogP contribution in [0.4, 0.5) is 4.39 Å². The van der Waals surface area contributed by atoms with E-state index in [9.17, 15) is 28.7 Å². The number of aliphatic carboxylic acids is 1. The molecule has 0 bridgehead atoms. The van der Waals surface area contributed by atoms with Crippen LogP contribution >= 0.6 is 0 Å². The monoisotopic (exact) mass is 578 g/mol. The summed E-state index contributed by atoms with van der Waals surface area (Å²) in [4.78, 5) is 46.6. The Kier molecular flexibility index (Phi) is 10.6. The highest BCUT2D eigenvalue weighted by Crippen LogP contribution is 2.30. The van der Waals surface area contributed by atoms with Crippen molar-refractivity contribution in [3.8, 4) is 28.7 Å². The largest absolute Gasteiger partial charge is 0.493 e. The number of methoxy groups -OCH3 is 2. The molecule has 10 nitrogen and oxygen atoms in total. The lowest BCUT2D eigenvalue weighted by Gasteiger charge is -2.10. The minimum atomic E-state index is -1.23. The Morgan fingerprint density at radius 2 is 1.29 bits per heavy atom. The second kappa shape index (κ2) is 14.3. The van der Waals surface area contributed by atoms with Gasteiger partial charge in [0.25, 0.3) is 0 Å². The number of hydrogen-bond donors (Lipinski definition) is 1. The first kappa shape index (κ1) is 31.1. The molecule has 3 aromatic rings. The Morgan fingerprint density at radius 3 is 1.81 bits per heavy atom. The van der Waals surface area contributed by atoms with Gasteiger partial charge in [-0.2, -0.15) is 0 Å². The second-order valence-corrected chi connectivity index (χ2v) is 8.68. The van der Waals surface area contributed by atoms with Crippen LogP contribution < -0.4 is 23.7 Å². The molecule has 0 aliphatic rings. The van der Waals surface area contributed by atoms with E-state index in [1.54, 1.807) is 12.1 Å². The van der Waals surface area contributed by atoms with E-state index in [4.69, 9.17) is 23.7 Å². The first-order valence-corrected chi connectivity index (χ1v) is 12.3. The summed E-state index contributed by atoms with van der Waals surface area (Å²) in [5, 5.41) is 9.71. The van der Waals surface area contributed by atoms with Crippen LogP contribution in [0.25, 0.3) is 12.2 Å². The average molecular weight is 579 g/mol. The molecule has 42 heavy (non-hydrogen) atoms. The molecule has 3 aromatic carbocycles. The van der Waals surface area contributed by atoms with Gasteiger partial charge < -0.3 is 28.8 Å². The molecule has 0 saturated carbocycles. The van der Waals surface area contributed by atoms with Crippen LogP contribution in [-0.4, -0.2) is 43.2 Å². The number of carbonyl (C=O) groups excluding carboxylic acids is 3. The van der Waals surface area contributed by atoms with Gasteiger partial charge in [-0.3, -0.25) is 9.59 Å². The number of carboxylic acids is 1. The zero-order chi connectivity index (χ0) is 30.8. The van der Waals surface area contributed by atoms with Crippen LogP contribution in [0.15, 0.2) is 66.2 Å². The molecule has 0 spiro atoms. The first-order chi connectivity index (χ1) is 20.0. The normalized spacial score (nSPS) is 11.1. The summed E-state index contributed by atoms with van der Waals surface area (Å²) in [7, 11) is 2.77. The zero-order valence-electron chi connectivity index (χ0n) is 23.1. The highest BCUT2D eigenvalue weighted by Gasteiger charge is 2.15. The smallest absolute Gasteiger partial charge is 0.336 e. The van der Waals surface area contributed by atoms with Crippen molar-refractivity contribution in [1.29, 1.82) is 0 Å². The molecular formula is C31H27FO10. The van der Waals surface area contributed by atoms with Gasteiger partial charge >= 0.3 is 23.9 Å². The van der Waals surface area contributed by atoms with Crippen LogP contribution in [0, 0.1) is 5.82 Å². The highest BCUT2D eigenvalue weighted by molar-refractivity contribution is 5.93. The summed E-state index contributed by atoms with van der Waals surface area (Å²) < 4.78 is 40.3. The molecule has 0 atom stereocenters. The molecule has 218 valence electrons. The van der Waals surface area contributed by atoms with Crippen LogP contribution in [0.1, 0.15) is 30.5 Å². The maximum atomic E-state index is 14.8. The van der Waals surface area contributed by atoms with Crippen LogP contribution in [-0.2, 0) is 25.6 Å². The van der Waals surface area contributed by atoms with Gasteiger partial charge in [0, 0.05) is 31.9 Å². The third-order valence-electron chi connectivity index (χ3n) is 5.51. The Labute approximate surface area is 240 Å². The number of ether oxygens (including phenoxy) is 5. The Hall–Kier alpha value is -5.45. The molecule has 0 fully saturated rings. The third-order valence-corrected chi connectivity index (χ3v) is 5.51. The number of carboxylic acid groups (broad SMARTS) is 1. The standard InChI is InChI=1S/C31H27FO10/c1-18(33)40-26-10-5-20(16-28(26)38-3)8-12-30(35)42-25-9-6-21(15-24(25)32)13-23(31(36)37)14-22-7-11-27(41-19(2)34)29(17-22)39-4/h5-12,14-17H,13H2,1-4H3,(H,36,37)/b12-8+,23-14+. The van der Waals surface area contributed by atoms with Crippen LogP contribution in [0.5, 0.6) is 28.7 Å². The highest BCUT2D eigenvalue weighted by atomic mass is 19.1. The molecule has 11 heteroatoms. The second-order valence-electron chi connectivity index (χ2n) is 8.68. The molecule has 0 aromatic heterocycles. The summed E-state index contributed by atoms with van der Waals surface area (Å²) in [6, 6.07) is 12.9. The van der Waals surface area contributed by atoms with E-state index in [0.717, 1.165) is 12.1 Å². The minimum absolute atomic E-state index is 0.0560. The van der Waals surface area contributed by atoms with Crippen molar-refractivity contribution in [2.45, 2.75) is 20.3 Å². The molecule has 0 saturated heterocycles. The molecular weight excluding hydrogens is 551 g/mol. The number of benzene rings is 3. The Balaban J connectivity index is 1.72. The van der Waals surface area contributed by atoms with Crippen molar-refractivity contribution in [1.82, 2.24) is 0 Å². The van der Waals surface area contributed by atoms with Crippen molar-refractivity contribution >= 4 is 36.0 Å². The lowest BCUT2D eigenvalue weighted by atomic mass is 10.0. The molecule has 3 rings (SSSR count). The summed E-state index contributed by atoms with van der Waals surface area (Å²) in [5.74, 6) is -3.45. The number of halogens is 1. The maximum absolute atomic E-state index is 14.8. The summed E-state index contributed by atoms with van der Waals surface area (Å²) in [6.07, 6.45) is 3.73. The van der Waals surface area contributed by atoms with Gasteiger partial charge in [0.1, 0.15) is 0 Å². The SMILES string of the molecule is COc1cc(/C=C/C(=O)Oc2ccc(C/C(=C\c3ccc(OC(C)=O)c(OC)c3)C(=O)O)cc2F)ccc1OC(C)=O. The maximum Gasteiger partial charge on any atom is 0.336 e. The van der Waals surface area contributed by atoms with E-state index < -0.39 is 29.7 Å². The molecule has 0 heterocycles. The predicted octanol–water partition coefficient (Wildman–Crippen LogP) is 5.02. The number of esters is 3. The van der Waals surface area contributed by atoms with E-state index in [1.165, 1.54) is 76.6 Å². The summed E-state index contributed by atoms with van der Waals surface area (Å²) >= 11 is 0.